The summed E-state index contributed by atoms with van der Waals surface area (Å²) in [6.45, 7) is 1.85. The molecule has 0 saturated heterocycles. The molecule has 0 aliphatic carbocycles. The highest BCUT2D eigenvalue weighted by atomic mass is 32.2. The summed E-state index contributed by atoms with van der Waals surface area (Å²) in [7, 11) is -1.64. The number of hydrogen-bond donors (Lipinski definition) is 1. The Balaban J connectivity index is 2.64. The molecule has 0 saturated carbocycles. The lowest BCUT2D eigenvalue weighted by Crippen LogP contribution is -2.32. The van der Waals surface area contributed by atoms with Crippen LogP contribution in [0.3, 0.4) is 0 Å². The summed E-state index contributed by atoms with van der Waals surface area (Å²) in [4.78, 5) is 0.346. The van der Waals surface area contributed by atoms with Crippen molar-refractivity contribution in [3.63, 3.8) is 0 Å². The lowest BCUT2D eigenvalue weighted by molar-refractivity contribution is 0.410. The molecule has 0 fully saturated rings. The van der Waals surface area contributed by atoms with Crippen LogP contribution in [0.2, 0.25) is 0 Å². The molecule has 2 unspecified atom stereocenters. The molecule has 0 bridgehead atoms. The van der Waals surface area contributed by atoms with Crippen molar-refractivity contribution < 1.29 is 13.2 Å². The third-order valence-corrected chi connectivity index (χ3v) is 5.01. The first-order valence-corrected chi connectivity index (χ1v) is 6.77. The molecule has 1 aromatic carbocycles. The van der Waals surface area contributed by atoms with Gasteiger partial charge in [0.1, 0.15) is 5.75 Å². The van der Waals surface area contributed by atoms with Gasteiger partial charge in [0, 0.05) is 6.04 Å². The molecule has 1 heterocycles. The van der Waals surface area contributed by atoms with Crippen molar-refractivity contribution in [1.82, 2.24) is 0 Å². The van der Waals surface area contributed by atoms with Crippen molar-refractivity contribution >= 4 is 9.84 Å². The van der Waals surface area contributed by atoms with E-state index in [9.17, 15) is 8.42 Å². The second-order valence-electron chi connectivity index (χ2n) is 4.19. The van der Waals surface area contributed by atoms with Crippen LogP contribution in [-0.2, 0) is 9.84 Å². The zero-order valence-electron chi connectivity index (χ0n) is 9.30. The van der Waals surface area contributed by atoms with E-state index < -0.39 is 9.84 Å². The standard InChI is InChI=1S/C11H15NO3S/c1-7-6-16(13,14)10-4-3-8(15-2)5-9(10)11(7)12/h3-5,7,11H,6,12H2,1-2H3. The summed E-state index contributed by atoms with van der Waals surface area (Å²) in [5.41, 5.74) is 6.68. The van der Waals surface area contributed by atoms with Crippen molar-refractivity contribution in [3.8, 4) is 5.75 Å². The fourth-order valence-electron chi connectivity index (χ4n) is 2.04. The van der Waals surface area contributed by atoms with Crippen LogP contribution in [0.15, 0.2) is 23.1 Å². The number of nitrogens with two attached hydrogens (primary N) is 1. The SMILES string of the molecule is COc1ccc2c(c1)C(N)C(C)CS2(=O)=O. The number of sulfone groups is 1. The third-order valence-electron chi connectivity index (χ3n) is 3.01. The van der Waals surface area contributed by atoms with Crippen LogP contribution in [0, 0.1) is 5.92 Å². The molecule has 0 aromatic heterocycles. The van der Waals surface area contributed by atoms with Crippen molar-refractivity contribution in [1.29, 1.82) is 0 Å². The van der Waals surface area contributed by atoms with E-state index in [1.54, 1.807) is 25.3 Å². The summed E-state index contributed by atoms with van der Waals surface area (Å²) in [5.74, 6) is 0.691. The molecule has 88 valence electrons. The molecule has 5 heteroatoms. The molecule has 0 spiro atoms. The van der Waals surface area contributed by atoms with Gasteiger partial charge in [0.15, 0.2) is 9.84 Å². The maximum absolute atomic E-state index is 11.9. The maximum Gasteiger partial charge on any atom is 0.179 e. The van der Waals surface area contributed by atoms with Crippen LogP contribution >= 0.6 is 0 Å². The highest BCUT2D eigenvalue weighted by Crippen LogP contribution is 2.36. The van der Waals surface area contributed by atoms with Crippen LogP contribution in [-0.4, -0.2) is 21.3 Å². The molecule has 1 aliphatic rings. The van der Waals surface area contributed by atoms with Crippen LogP contribution in [0.25, 0.3) is 0 Å². The Labute approximate surface area is 95.3 Å². The van der Waals surface area contributed by atoms with Gasteiger partial charge in [-0.2, -0.15) is 0 Å². The Morgan fingerprint density at radius 2 is 2.12 bits per heavy atom. The summed E-state index contributed by atoms with van der Waals surface area (Å²) in [6, 6.07) is 4.70. The molecule has 2 rings (SSSR count). The molecule has 0 amide bonds. The van der Waals surface area contributed by atoms with E-state index in [1.165, 1.54) is 0 Å². The number of ether oxygens (including phenoxy) is 1. The predicted octanol–water partition coefficient (Wildman–Crippen LogP) is 1.12. The highest BCUT2D eigenvalue weighted by molar-refractivity contribution is 7.91. The maximum atomic E-state index is 11.9. The summed E-state index contributed by atoms with van der Waals surface area (Å²) in [6.07, 6.45) is 0. The topological polar surface area (TPSA) is 69.4 Å². The van der Waals surface area contributed by atoms with Gasteiger partial charge in [-0.15, -0.1) is 0 Å². The zero-order chi connectivity index (χ0) is 11.9. The smallest absolute Gasteiger partial charge is 0.179 e. The largest absolute Gasteiger partial charge is 0.497 e. The summed E-state index contributed by atoms with van der Waals surface area (Å²) >= 11 is 0. The Morgan fingerprint density at radius 3 is 2.75 bits per heavy atom. The van der Waals surface area contributed by atoms with Gasteiger partial charge in [-0.3, -0.25) is 0 Å². The molecular formula is C11H15NO3S. The number of hydrogen-bond acceptors (Lipinski definition) is 4. The second kappa shape index (κ2) is 3.75. The van der Waals surface area contributed by atoms with Crippen LogP contribution < -0.4 is 10.5 Å². The normalized spacial score (nSPS) is 27.2. The van der Waals surface area contributed by atoms with Gasteiger partial charge >= 0.3 is 0 Å². The summed E-state index contributed by atoms with van der Waals surface area (Å²) < 4.78 is 28.9. The van der Waals surface area contributed by atoms with E-state index >= 15 is 0 Å². The van der Waals surface area contributed by atoms with E-state index in [0.29, 0.717) is 16.2 Å². The molecule has 1 aromatic rings. The van der Waals surface area contributed by atoms with E-state index in [-0.39, 0.29) is 17.7 Å². The molecule has 16 heavy (non-hydrogen) atoms. The molecular weight excluding hydrogens is 226 g/mol. The Bertz CT molecular complexity index is 510. The Kier molecular flexibility index (Phi) is 2.67. The lowest BCUT2D eigenvalue weighted by Gasteiger charge is -2.28. The quantitative estimate of drug-likeness (QED) is 0.800. The van der Waals surface area contributed by atoms with E-state index in [0.717, 1.165) is 0 Å². The molecule has 2 N–H and O–H groups in total. The van der Waals surface area contributed by atoms with Gasteiger partial charge in [-0.05, 0) is 29.7 Å². The molecule has 0 radical (unpaired) electrons. The number of methoxy groups -OCH3 is 1. The van der Waals surface area contributed by atoms with Crippen molar-refractivity contribution in [2.75, 3.05) is 12.9 Å². The molecule has 2 atom stereocenters. The van der Waals surface area contributed by atoms with Gasteiger partial charge < -0.3 is 10.5 Å². The van der Waals surface area contributed by atoms with Crippen molar-refractivity contribution in [2.45, 2.75) is 17.9 Å². The van der Waals surface area contributed by atoms with Crippen molar-refractivity contribution in [3.05, 3.63) is 23.8 Å². The lowest BCUT2D eigenvalue weighted by atomic mass is 9.96. The Morgan fingerprint density at radius 1 is 1.44 bits per heavy atom. The first-order valence-electron chi connectivity index (χ1n) is 5.12. The second-order valence-corrected chi connectivity index (χ2v) is 6.19. The van der Waals surface area contributed by atoms with Gasteiger partial charge in [0.2, 0.25) is 0 Å². The van der Waals surface area contributed by atoms with Crippen LogP contribution in [0.1, 0.15) is 18.5 Å². The average Bonchev–Trinajstić information content (AvgIpc) is 2.25. The minimum atomic E-state index is -3.18. The monoisotopic (exact) mass is 241 g/mol. The van der Waals surface area contributed by atoms with Gasteiger partial charge in [0.05, 0.1) is 17.8 Å². The van der Waals surface area contributed by atoms with Gasteiger partial charge in [0.25, 0.3) is 0 Å². The van der Waals surface area contributed by atoms with Gasteiger partial charge in [-0.25, -0.2) is 8.42 Å². The number of fused-ring (bicyclic) bond motifs is 1. The average molecular weight is 241 g/mol. The zero-order valence-corrected chi connectivity index (χ0v) is 10.1. The van der Waals surface area contributed by atoms with Crippen molar-refractivity contribution in [2.24, 2.45) is 11.7 Å². The number of benzene rings is 1. The minimum absolute atomic E-state index is 0.0652. The predicted molar refractivity (Wildman–Crippen MR) is 61.1 cm³/mol. The third kappa shape index (κ3) is 1.70. The highest BCUT2D eigenvalue weighted by Gasteiger charge is 2.33. The van der Waals surface area contributed by atoms with E-state index in [1.807, 2.05) is 6.92 Å². The minimum Gasteiger partial charge on any atom is -0.497 e. The fraction of sp³-hybridized carbons (Fsp3) is 0.455. The summed E-state index contributed by atoms with van der Waals surface area (Å²) in [5, 5.41) is 0. The Hall–Kier alpha value is -1.07. The first kappa shape index (κ1) is 11.4. The van der Waals surface area contributed by atoms with Gasteiger partial charge in [-0.1, -0.05) is 6.92 Å². The van der Waals surface area contributed by atoms with E-state index in [2.05, 4.69) is 0 Å². The fourth-order valence-corrected chi connectivity index (χ4v) is 3.95. The number of rotatable bonds is 1. The molecule has 1 aliphatic heterocycles. The molecule has 4 nitrogen and oxygen atoms in total. The van der Waals surface area contributed by atoms with E-state index in [4.69, 9.17) is 10.5 Å². The van der Waals surface area contributed by atoms with Crippen LogP contribution in [0.4, 0.5) is 0 Å². The van der Waals surface area contributed by atoms with Crippen LogP contribution in [0.5, 0.6) is 5.75 Å². The first-order chi connectivity index (χ1) is 7.45.